The summed E-state index contributed by atoms with van der Waals surface area (Å²) in [5.74, 6) is 1.11. The van der Waals surface area contributed by atoms with Crippen LogP contribution in [0, 0.1) is 0 Å². The fourth-order valence-electron chi connectivity index (χ4n) is 3.04. The minimum Gasteiger partial charge on any atom is -0.378 e. The quantitative estimate of drug-likeness (QED) is 0.879. The molecule has 2 aromatic rings. The van der Waals surface area contributed by atoms with Crippen molar-refractivity contribution in [3.63, 3.8) is 0 Å². The fourth-order valence-corrected chi connectivity index (χ4v) is 3.04. The SMILES string of the molecule is NCCc1nc2ccccc2n1CCCC1CCCO1. The summed E-state index contributed by atoms with van der Waals surface area (Å²) in [5, 5.41) is 0. The van der Waals surface area contributed by atoms with E-state index in [1.54, 1.807) is 0 Å². The van der Waals surface area contributed by atoms with Crippen LogP contribution in [-0.4, -0.2) is 28.8 Å². The molecular weight excluding hydrogens is 250 g/mol. The fraction of sp³-hybridized carbons (Fsp3) is 0.562. The summed E-state index contributed by atoms with van der Waals surface area (Å²) in [7, 11) is 0. The molecule has 1 aromatic carbocycles. The number of para-hydroxylation sites is 2. The maximum absolute atomic E-state index is 5.71. The molecule has 0 saturated carbocycles. The average Bonchev–Trinajstić information content (AvgIpc) is 3.08. The van der Waals surface area contributed by atoms with Gasteiger partial charge in [-0.3, -0.25) is 0 Å². The van der Waals surface area contributed by atoms with Gasteiger partial charge in [-0.1, -0.05) is 12.1 Å². The Morgan fingerprint density at radius 2 is 2.25 bits per heavy atom. The second-order valence-electron chi connectivity index (χ2n) is 5.48. The molecule has 0 spiro atoms. The van der Waals surface area contributed by atoms with E-state index >= 15 is 0 Å². The van der Waals surface area contributed by atoms with Crippen LogP contribution in [0.3, 0.4) is 0 Å². The normalized spacial score (nSPS) is 18.9. The Balaban J connectivity index is 1.72. The average molecular weight is 273 g/mol. The predicted molar refractivity (Wildman–Crippen MR) is 80.7 cm³/mol. The summed E-state index contributed by atoms with van der Waals surface area (Å²) < 4.78 is 8.02. The number of imidazole rings is 1. The van der Waals surface area contributed by atoms with Gasteiger partial charge in [0.1, 0.15) is 5.82 Å². The molecule has 1 aliphatic heterocycles. The van der Waals surface area contributed by atoms with Crippen LogP contribution >= 0.6 is 0 Å². The van der Waals surface area contributed by atoms with Gasteiger partial charge >= 0.3 is 0 Å². The summed E-state index contributed by atoms with van der Waals surface area (Å²) in [5.41, 5.74) is 8.01. The van der Waals surface area contributed by atoms with Gasteiger partial charge in [-0.25, -0.2) is 4.98 Å². The second-order valence-corrected chi connectivity index (χ2v) is 5.48. The van der Waals surface area contributed by atoms with Crippen LogP contribution in [0.25, 0.3) is 11.0 Å². The zero-order valence-corrected chi connectivity index (χ0v) is 11.9. The first-order valence-electron chi connectivity index (χ1n) is 7.64. The molecule has 108 valence electrons. The number of hydrogen-bond donors (Lipinski definition) is 1. The van der Waals surface area contributed by atoms with Gasteiger partial charge in [-0.2, -0.15) is 0 Å². The maximum atomic E-state index is 5.71. The lowest BCUT2D eigenvalue weighted by atomic mass is 10.1. The highest BCUT2D eigenvalue weighted by molar-refractivity contribution is 5.75. The highest BCUT2D eigenvalue weighted by Gasteiger charge is 2.15. The van der Waals surface area contributed by atoms with Gasteiger partial charge in [-0.15, -0.1) is 0 Å². The van der Waals surface area contributed by atoms with E-state index in [2.05, 4.69) is 22.8 Å². The van der Waals surface area contributed by atoms with Crippen molar-refractivity contribution < 1.29 is 4.74 Å². The first kappa shape index (κ1) is 13.6. The number of nitrogens with two attached hydrogens (primary N) is 1. The van der Waals surface area contributed by atoms with Gasteiger partial charge in [0.2, 0.25) is 0 Å². The molecule has 0 radical (unpaired) electrons. The van der Waals surface area contributed by atoms with Crippen LogP contribution in [-0.2, 0) is 17.7 Å². The van der Waals surface area contributed by atoms with Crippen LogP contribution in [0.15, 0.2) is 24.3 Å². The number of aryl methyl sites for hydroxylation is 1. The van der Waals surface area contributed by atoms with Crippen LogP contribution in [0.1, 0.15) is 31.5 Å². The zero-order valence-electron chi connectivity index (χ0n) is 11.9. The van der Waals surface area contributed by atoms with Crippen molar-refractivity contribution in [2.24, 2.45) is 5.73 Å². The third kappa shape index (κ3) is 2.86. The molecule has 2 N–H and O–H groups in total. The van der Waals surface area contributed by atoms with Crippen LogP contribution in [0.2, 0.25) is 0 Å². The van der Waals surface area contributed by atoms with Crippen molar-refractivity contribution in [1.82, 2.24) is 9.55 Å². The van der Waals surface area contributed by atoms with E-state index in [1.807, 2.05) is 6.07 Å². The first-order valence-corrected chi connectivity index (χ1v) is 7.64. The predicted octanol–water partition coefficient (Wildman–Crippen LogP) is 2.50. The Labute approximate surface area is 119 Å². The maximum Gasteiger partial charge on any atom is 0.111 e. The molecule has 1 aliphatic rings. The number of hydrogen-bond acceptors (Lipinski definition) is 3. The zero-order chi connectivity index (χ0) is 13.8. The topological polar surface area (TPSA) is 53.1 Å². The molecule has 1 fully saturated rings. The third-order valence-corrected chi connectivity index (χ3v) is 4.03. The van der Waals surface area contributed by atoms with Crippen molar-refractivity contribution in [3.8, 4) is 0 Å². The van der Waals surface area contributed by atoms with Crippen LogP contribution < -0.4 is 5.73 Å². The van der Waals surface area contributed by atoms with E-state index in [1.165, 1.54) is 18.4 Å². The van der Waals surface area contributed by atoms with Crippen molar-refractivity contribution in [2.75, 3.05) is 13.2 Å². The Bertz CT molecular complexity index is 558. The lowest BCUT2D eigenvalue weighted by Gasteiger charge is -2.11. The number of benzene rings is 1. The number of nitrogens with zero attached hydrogens (tertiary/aromatic N) is 2. The van der Waals surface area contributed by atoms with E-state index in [9.17, 15) is 0 Å². The lowest BCUT2D eigenvalue weighted by Crippen LogP contribution is -2.12. The molecule has 20 heavy (non-hydrogen) atoms. The molecule has 4 heteroatoms. The smallest absolute Gasteiger partial charge is 0.111 e. The summed E-state index contributed by atoms with van der Waals surface area (Å²) in [6, 6.07) is 8.34. The van der Waals surface area contributed by atoms with Gasteiger partial charge < -0.3 is 15.0 Å². The highest BCUT2D eigenvalue weighted by Crippen LogP contribution is 2.20. The second kappa shape index (κ2) is 6.37. The molecule has 0 amide bonds. The lowest BCUT2D eigenvalue weighted by molar-refractivity contribution is 0.101. The number of fused-ring (bicyclic) bond motifs is 1. The van der Waals surface area contributed by atoms with Crippen LogP contribution in [0.5, 0.6) is 0 Å². The number of rotatable bonds is 6. The highest BCUT2D eigenvalue weighted by atomic mass is 16.5. The Kier molecular flexibility index (Phi) is 4.33. The van der Waals surface area contributed by atoms with E-state index < -0.39 is 0 Å². The van der Waals surface area contributed by atoms with Gasteiger partial charge in [0.15, 0.2) is 0 Å². The first-order chi connectivity index (χ1) is 9.88. The van der Waals surface area contributed by atoms with E-state index in [0.717, 1.165) is 43.8 Å². The van der Waals surface area contributed by atoms with Crippen molar-refractivity contribution in [3.05, 3.63) is 30.1 Å². The van der Waals surface area contributed by atoms with E-state index in [-0.39, 0.29) is 0 Å². The number of ether oxygens (including phenoxy) is 1. The summed E-state index contributed by atoms with van der Waals surface area (Å²) in [6.07, 6.45) is 6.05. The Hall–Kier alpha value is -1.39. The summed E-state index contributed by atoms with van der Waals surface area (Å²) in [4.78, 5) is 4.70. The summed E-state index contributed by atoms with van der Waals surface area (Å²) >= 11 is 0. The molecule has 1 atom stereocenters. The van der Waals surface area contributed by atoms with Gasteiger partial charge in [0.25, 0.3) is 0 Å². The monoisotopic (exact) mass is 273 g/mol. The third-order valence-electron chi connectivity index (χ3n) is 4.03. The van der Waals surface area contributed by atoms with Gasteiger partial charge in [0, 0.05) is 19.6 Å². The molecule has 4 nitrogen and oxygen atoms in total. The Morgan fingerprint density at radius 3 is 3.05 bits per heavy atom. The Morgan fingerprint density at radius 1 is 1.35 bits per heavy atom. The van der Waals surface area contributed by atoms with Crippen molar-refractivity contribution >= 4 is 11.0 Å². The minimum absolute atomic E-state index is 0.475. The molecule has 0 bridgehead atoms. The van der Waals surface area contributed by atoms with E-state index in [4.69, 9.17) is 15.5 Å². The molecular formula is C16H23N3O. The molecule has 1 saturated heterocycles. The summed E-state index contributed by atoms with van der Waals surface area (Å²) in [6.45, 7) is 2.60. The molecule has 1 unspecified atom stereocenters. The standard InChI is InChI=1S/C16H23N3O/c17-10-9-16-18-14-7-1-2-8-15(14)19(16)11-3-5-13-6-4-12-20-13/h1-2,7-8,13H,3-6,9-12,17H2. The van der Waals surface area contributed by atoms with Crippen LogP contribution in [0.4, 0.5) is 0 Å². The van der Waals surface area contributed by atoms with Gasteiger partial charge in [-0.05, 0) is 44.4 Å². The van der Waals surface area contributed by atoms with Crippen molar-refractivity contribution in [2.45, 2.75) is 44.8 Å². The molecule has 2 heterocycles. The number of aromatic nitrogens is 2. The minimum atomic E-state index is 0.475. The molecule has 1 aromatic heterocycles. The van der Waals surface area contributed by atoms with Crippen molar-refractivity contribution in [1.29, 1.82) is 0 Å². The van der Waals surface area contributed by atoms with Gasteiger partial charge in [0.05, 0.1) is 17.1 Å². The van der Waals surface area contributed by atoms with E-state index in [0.29, 0.717) is 12.6 Å². The molecule has 0 aliphatic carbocycles. The molecule has 3 rings (SSSR count). The largest absolute Gasteiger partial charge is 0.378 e.